The number of likely N-dealkylation sites (N-methyl/N-ethyl adjacent to an activating group) is 1. The summed E-state index contributed by atoms with van der Waals surface area (Å²) in [5.74, 6) is 1.16. The molecule has 158 valence electrons. The number of anilines is 1. The molecule has 1 aromatic heterocycles. The summed E-state index contributed by atoms with van der Waals surface area (Å²) in [7, 11) is 3.00. The van der Waals surface area contributed by atoms with Crippen molar-refractivity contribution in [1.82, 2.24) is 14.9 Å². The van der Waals surface area contributed by atoms with E-state index in [0.717, 1.165) is 61.5 Å². The lowest BCUT2D eigenvalue weighted by molar-refractivity contribution is -0.147. The molecular formula is C23H28N4O3. The third kappa shape index (κ3) is 4.15. The fourth-order valence-electron chi connectivity index (χ4n) is 4.41. The number of piperidine rings is 1. The van der Waals surface area contributed by atoms with Gasteiger partial charge in [-0.1, -0.05) is 30.3 Å². The molecule has 7 nitrogen and oxygen atoms in total. The zero-order chi connectivity index (χ0) is 21.1. The molecule has 1 saturated heterocycles. The van der Waals surface area contributed by atoms with Crippen LogP contribution in [0, 0.1) is 5.92 Å². The molecule has 0 radical (unpaired) electrons. The van der Waals surface area contributed by atoms with Crippen molar-refractivity contribution in [2.75, 3.05) is 38.7 Å². The molecule has 2 aromatic rings. The van der Waals surface area contributed by atoms with Gasteiger partial charge in [0.15, 0.2) is 5.82 Å². The number of carbonyl (C=O) groups excluding carboxylic acids is 2. The Morgan fingerprint density at radius 3 is 2.73 bits per heavy atom. The summed E-state index contributed by atoms with van der Waals surface area (Å²) in [6, 6.07) is 10.1. The predicted octanol–water partition coefficient (Wildman–Crippen LogP) is 2.48. The first-order valence-corrected chi connectivity index (χ1v) is 10.6. The lowest BCUT2D eigenvalue weighted by atomic mass is 9.96. The number of fused-ring (bicyclic) bond motifs is 1. The molecule has 1 aliphatic carbocycles. The number of hydrogen-bond donors (Lipinski definition) is 0. The minimum Gasteiger partial charge on any atom is -0.468 e. The topological polar surface area (TPSA) is 75.6 Å². The summed E-state index contributed by atoms with van der Waals surface area (Å²) in [4.78, 5) is 38.0. The first-order chi connectivity index (χ1) is 14.6. The zero-order valence-corrected chi connectivity index (χ0v) is 17.6. The summed E-state index contributed by atoms with van der Waals surface area (Å²) in [5, 5.41) is 0. The van der Waals surface area contributed by atoms with Gasteiger partial charge in [0.05, 0.1) is 13.0 Å². The molecule has 0 N–H and O–H groups in total. The van der Waals surface area contributed by atoms with Crippen molar-refractivity contribution in [3.8, 4) is 11.4 Å². The quantitative estimate of drug-likeness (QED) is 0.708. The van der Waals surface area contributed by atoms with Crippen LogP contribution in [0.1, 0.15) is 30.5 Å². The summed E-state index contributed by atoms with van der Waals surface area (Å²) in [6.45, 7) is 1.47. The van der Waals surface area contributed by atoms with Crippen LogP contribution in [-0.2, 0) is 27.2 Å². The highest BCUT2D eigenvalue weighted by Gasteiger charge is 2.32. The maximum atomic E-state index is 12.9. The Bertz CT molecular complexity index is 932. The standard InChI is InChI=1S/C23H28N4O3/c1-26(15-20(28)30-2)23(29)17-10-7-13-27(14-17)22-18-11-6-12-19(18)24-21(25-22)16-8-4-3-5-9-16/h3-5,8-9,17H,6-7,10-15H2,1-2H3. The monoisotopic (exact) mass is 408 g/mol. The van der Waals surface area contributed by atoms with Crippen LogP contribution in [0.15, 0.2) is 30.3 Å². The third-order valence-electron chi connectivity index (χ3n) is 5.98. The van der Waals surface area contributed by atoms with Crippen LogP contribution in [0.3, 0.4) is 0 Å². The summed E-state index contributed by atoms with van der Waals surface area (Å²) < 4.78 is 4.69. The maximum absolute atomic E-state index is 12.9. The van der Waals surface area contributed by atoms with Crippen LogP contribution in [0.4, 0.5) is 5.82 Å². The Balaban J connectivity index is 1.58. The Morgan fingerprint density at radius 1 is 1.17 bits per heavy atom. The summed E-state index contributed by atoms with van der Waals surface area (Å²) in [5.41, 5.74) is 3.37. The van der Waals surface area contributed by atoms with Gasteiger partial charge in [0, 0.05) is 37.0 Å². The maximum Gasteiger partial charge on any atom is 0.325 e. The molecule has 1 unspecified atom stereocenters. The number of ether oxygens (including phenoxy) is 1. The predicted molar refractivity (Wildman–Crippen MR) is 114 cm³/mol. The van der Waals surface area contributed by atoms with Gasteiger partial charge in [0.25, 0.3) is 0 Å². The first kappa shape index (κ1) is 20.3. The van der Waals surface area contributed by atoms with Gasteiger partial charge in [-0.2, -0.15) is 0 Å². The fraction of sp³-hybridized carbons (Fsp3) is 0.478. The number of carbonyl (C=O) groups is 2. The number of aromatic nitrogens is 2. The highest BCUT2D eigenvalue weighted by molar-refractivity contribution is 5.84. The number of esters is 1. The molecule has 4 rings (SSSR count). The van der Waals surface area contributed by atoms with Gasteiger partial charge in [-0.3, -0.25) is 9.59 Å². The van der Waals surface area contributed by atoms with Gasteiger partial charge in [0.2, 0.25) is 5.91 Å². The van der Waals surface area contributed by atoms with Crippen LogP contribution in [0.2, 0.25) is 0 Å². The van der Waals surface area contributed by atoms with E-state index >= 15 is 0 Å². The van der Waals surface area contributed by atoms with Gasteiger partial charge in [-0.15, -0.1) is 0 Å². The van der Waals surface area contributed by atoms with Gasteiger partial charge >= 0.3 is 5.97 Å². The van der Waals surface area contributed by atoms with Crippen molar-refractivity contribution < 1.29 is 14.3 Å². The largest absolute Gasteiger partial charge is 0.468 e. The number of rotatable bonds is 5. The molecule has 2 aliphatic rings. The van der Waals surface area contributed by atoms with Crippen LogP contribution in [0.5, 0.6) is 0 Å². The van der Waals surface area contributed by atoms with Gasteiger partial charge in [-0.05, 0) is 32.1 Å². The van der Waals surface area contributed by atoms with Crippen LogP contribution < -0.4 is 4.90 Å². The van der Waals surface area contributed by atoms with E-state index < -0.39 is 5.97 Å². The lowest BCUT2D eigenvalue weighted by Gasteiger charge is -2.35. The Kier molecular flexibility index (Phi) is 5.97. The van der Waals surface area contributed by atoms with Crippen LogP contribution >= 0.6 is 0 Å². The summed E-state index contributed by atoms with van der Waals surface area (Å²) >= 11 is 0. The highest BCUT2D eigenvalue weighted by atomic mass is 16.5. The number of aryl methyl sites for hydroxylation is 1. The van der Waals surface area contributed by atoms with Crippen molar-refractivity contribution in [2.24, 2.45) is 5.92 Å². The molecule has 1 atom stereocenters. The average molecular weight is 409 g/mol. The van der Waals surface area contributed by atoms with E-state index in [-0.39, 0.29) is 18.4 Å². The molecule has 30 heavy (non-hydrogen) atoms. The first-order valence-electron chi connectivity index (χ1n) is 10.6. The number of hydrogen-bond acceptors (Lipinski definition) is 6. The molecule has 1 fully saturated rings. The molecule has 0 bridgehead atoms. The fourth-order valence-corrected chi connectivity index (χ4v) is 4.41. The Morgan fingerprint density at radius 2 is 1.97 bits per heavy atom. The normalized spacial score (nSPS) is 18.1. The van der Waals surface area contributed by atoms with Gasteiger partial charge < -0.3 is 14.5 Å². The molecular weight excluding hydrogens is 380 g/mol. The lowest BCUT2D eigenvalue weighted by Crippen LogP contribution is -2.45. The van der Waals surface area contributed by atoms with Crippen molar-refractivity contribution in [1.29, 1.82) is 0 Å². The van der Waals surface area contributed by atoms with E-state index in [0.29, 0.717) is 6.54 Å². The number of benzene rings is 1. The third-order valence-corrected chi connectivity index (χ3v) is 5.98. The van der Waals surface area contributed by atoms with E-state index in [1.165, 1.54) is 17.6 Å². The van der Waals surface area contributed by atoms with E-state index in [4.69, 9.17) is 14.7 Å². The average Bonchev–Trinajstić information content (AvgIpc) is 3.27. The second kappa shape index (κ2) is 8.81. The van der Waals surface area contributed by atoms with E-state index in [9.17, 15) is 9.59 Å². The van der Waals surface area contributed by atoms with Crippen molar-refractivity contribution in [3.63, 3.8) is 0 Å². The Labute approximate surface area is 177 Å². The number of amides is 1. The molecule has 2 heterocycles. The smallest absolute Gasteiger partial charge is 0.325 e. The summed E-state index contributed by atoms with van der Waals surface area (Å²) in [6.07, 6.45) is 4.79. The van der Waals surface area contributed by atoms with Crippen LogP contribution in [0.25, 0.3) is 11.4 Å². The van der Waals surface area contributed by atoms with Gasteiger partial charge in [-0.25, -0.2) is 9.97 Å². The molecule has 1 amide bonds. The zero-order valence-electron chi connectivity index (χ0n) is 17.6. The molecule has 1 aliphatic heterocycles. The second-order valence-corrected chi connectivity index (χ2v) is 8.07. The van der Waals surface area contributed by atoms with Crippen molar-refractivity contribution >= 4 is 17.7 Å². The number of methoxy groups -OCH3 is 1. The highest BCUT2D eigenvalue weighted by Crippen LogP contribution is 2.33. The van der Waals surface area contributed by atoms with E-state index in [1.807, 2.05) is 30.3 Å². The van der Waals surface area contributed by atoms with E-state index in [2.05, 4.69) is 4.90 Å². The molecule has 1 aromatic carbocycles. The minimum absolute atomic E-state index is 0.0147. The number of nitrogens with zero attached hydrogens (tertiary/aromatic N) is 4. The molecule has 0 spiro atoms. The Hall–Kier alpha value is -2.96. The SMILES string of the molecule is COC(=O)CN(C)C(=O)C1CCCN(c2nc(-c3ccccc3)nc3c2CCC3)C1. The van der Waals surface area contributed by atoms with Gasteiger partial charge in [0.1, 0.15) is 12.4 Å². The molecule has 7 heteroatoms. The second-order valence-electron chi connectivity index (χ2n) is 8.07. The van der Waals surface area contributed by atoms with Crippen LogP contribution in [-0.4, -0.2) is 60.5 Å². The van der Waals surface area contributed by atoms with Crippen molar-refractivity contribution in [2.45, 2.75) is 32.1 Å². The van der Waals surface area contributed by atoms with Crippen molar-refractivity contribution in [3.05, 3.63) is 41.6 Å². The minimum atomic E-state index is -0.403. The van der Waals surface area contributed by atoms with E-state index in [1.54, 1.807) is 7.05 Å². The molecule has 0 saturated carbocycles.